The zero-order valence-corrected chi connectivity index (χ0v) is 20.2. The number of piperazine rings is 1. The van der Waals surface area contributed by atoms with Gasteiger partial charge in [0.2, 0.25) is 5.91 Å². The molecule has 0 saturated carbocycles. The van der Waals surface area contributed by atoms with Crippen molar-refractivity contribution in [2.45, 2.75) is 32.7 Å². The van der Waals surface area contributed by atoms with Crippen LogP contribution in [0.2, 0.25) is 0 Å². The Hall–Kier alpha value is -3.61. The van der Waals surface area contributed by atoms with Gasteiger partial charge in [-0.05, 0) is 50.1 Å². The summed E-state index contributed by atoms with van der Waals surface area (Å²) in [5.41, 5.74) is 3.56. The van der Waals surface area contributed by atoms with E-state index in [4.69, 9.17) is 4.74 Å². The Balaban J connectivity index is 1.57. The molecule has 1 fully saturated rings. The molecule has 0 unspecified atom stereocenters. The monoisotopic (exact) mass is 461 g/mol. The van der Waals surface area contributed by atoms with Crippen LogP contribution in [0.3, 0.4) is 0 Å². The molecular weight excluding hydrogens is 430 g/mol. The minimum Gasteiger partial charge on any atom is -0.497 e. The van der Waals surface area contributed by atoms with Crippen LogP contribution in [0.15, 0.2) is 48.5 Å². The molecule has 7 heteroatoms. The first-order chi connectivity index (χ1) is 16.2. The second kappa shape index (κ2) is 9.33. The minimum absolute atomic E-state index is 0.0198. The Morgan fingerprint density at radius 3 is 2.32 bits per heavy atom. The molecule has 2 aliphatic rings. The Bertz CT molecular complexity index is 1160. The summed E-state index contributed by atoms with van der Waals surface area (Å²) in [6.45, 7) is 7.76. The van der Waals surface area contributed by atoms with Crippen molar-refractivity contribution in [1.82, 2.24) is 15.1 Å². The molecule has 0 spiro atoms. The van der Waals surface area contributed by atoms with E-state index in [-0.39, 0.29) is 23.1 Å². The third-order valence-corrected chi connectivity index (χ3v) is 6.39. The van der Waals surface area contributed by atoms with Gasteiger partial charge >= 0.3 is 0 Å². The van der Waals surface area contributed by atoms with Crippen LogP contribution in [0.1, 0.15) is 52.6 Å². The van der Waals surface area contributed by atoms with Gasteiger partial charge in [0.1, 0.15) is 5.75 Å². The molecule has 0 bridgehead atoms. The summed E-state index contributed by atoms with van der Waals surface area (Å²) in [5.74, 6) is 0.449. The first-order valence-corrected chi connectivity index (χ1v) is 11.5. The summed E-state index contributed by atoms with van der Waals surface area (Å²) >= 11 is 0. The van der Waals surface area contributed by atoms with Crippen molar-refractivity contribution in [1.29, 1.82) is 0 Å². The summed E-state index contributed by atoms with van der Waals surface area (Å²) in [6, 6.07) is 12.8. The summed E-state index contributed by atoms with van der Waals surface area (Å²) in [5, 5.41) is 3.48. The van der Waals surface area contributed by atoms with E-state index in [0.717, 1.165) is 29.0 Å². The van der Waals surface area contributed by atoms with Gasteiger partial charge in [0, 0.05) is 67.1 Å². The van der Waals surface area contributed by atoms with Gasteiger partial charge in [-0.1, -0.05) is 18.2 Å². The molecule has 34 heavy (non-hydrogen) atoms. The zero-order chi connectivity index (χ0) is 24.5. The zero-order valence-electron chi connectivity index (χ0n) is 20.2. The molecule has 0 aromatic heterocycles. The average molecular weight is 462 g/mol. The molecule has 0 aliphatic carbocycles. The highest BCUT2D eigenvalue weighted by molar-refractivity contribution is 6.10. The Morgan fingerprint density at radius 2 is 1.65 bits per heavy atom. The van der Waals surface area contributed by atoms with Crippen LogP contribution >= 0.6 is 0 Å². The summed E-state index contributed by atoms with van der Waals surface area (Å²) in [4.78, 5) is 41.3. The lowest BCUT2D eigenvalue weighted by molar-refractivity contribution is -0.130. The highest BCUT2D eigenvalue weighted by atomic mass is 16.5. The van der Waals surface area contributed by atoms with Crippen molar-refractivity contribution < 1.29 is 19.1 Å². The van der Waals surface area contributed by atoms with Crippen molar-refractivity contribution in [2.24, 2.45) is 0 Å². The molecule has 2 heterocycles. The van der Waals surface area contributed by atoms with Crippen LogP contribution in [0.5, 0.6) is 5.75 Å². The van der Waals surface area contributed by atoms with Gasteiger partial charge in [0.05, 0.1) is 7.11 Å². The normalized spacial score (nSPS) is 18.2. The minimum atomic E-state index is -0.201. The lowest BCUT2D eigenvalue weighted by Gasteiger charge is -2.35. The van der Waals surface area contributed by atoms with Crippen LogP contribution in [0.4, 0.5) is 0 Å². The quantitative estimate of drug-likeness (QED) is 0.559. The molecule has 2 aliphatic heterocycles. The molecule has 2 amide bonds. The molecule has 1 N–H and O–H groups in total. The number of carbonyl (C=O) groups excluding carboxylic acids is 3. The number of amides is 2. The van der Waals surface area contributed by atoms with E-state index < -0.39 is 0 Å². The number of fused-ring (bicyclic) bond motifs is 1. The van der Waals surface area contributed by atoms with E-state index in [1.165, 1.54) is 6.92 Å². The second-order valence-electron chi connectivity index (χ2n) is 9.51. The molecule has 2 aromatic carbocycles. The molecule has 0 radical (unpaired) electrons. The third kappa shape index (κ3) is 4.98. The second-order valence-corrected chi connectivity index (χ2v) is 9.51. The van der Waals surface area contributed by atoms with Crippen LogP contribution in [-0.2, 0) is 11.2 Å². The van der Waals surface area contributed by atoms with Crippen molar-refractivity contribution in [3.8, 4) is 5.75 Å². The first-order valence-electron chi connectivity index (χ1n) is 11.5. The highest BCUT2D eigenvalue weighted by Crippen LogP contribution is 2.32. The average Bonchev–Trinajstić information content (AvgIpc) is 2.82. The lowest BCUT2D eigenvalue weighted by atomic mass is 9.85. The predicted molar refractivity (Wildman–Crippen MR) is 131 cm³/mol. The van der Waals surface area contributed by atoms with E-state index in [1.54, 1.807) is 47.3 Å². The molecule has 7 nitrogen and oxygen atoms in total. The fourth-order valence-corrected chi connectivity index (χ4v) is 4.58. The van der Waals surface area contributed by atoms with Crippen molar-refractivity contribution >= 4 is 23.3 Å². The molecule has 178 valence electrons. The SMILES string of the molecule is COc1ccc2c(c1)C(=CC(=O)c1cccc(C(=O)N3CCN(C(C)=O)CC3)c1)NC(C)(C)C2. The van der Waals surface area contributed by atoms with Crippen LogP contribution < -0.4 is 10.1 Å². The molecule has 2 aromatic rings. The van der Waals surface area contributed by atoms with E-state index in [1.807, 2.05) is 18.2 Å². The van der Waals surface area contributed by atoms with Gasteiger partial charge in [-0.25, -0.2) is 0 Å². The Kier molecular flexibility index (Phi) is 6.46. The van der Waals surface area contributed by atoms with Gasteiger partial charge in [-0.2, -0.15) is 0 Å². The molecule has 1 saturated heterocycles. The maximum atomic E-state index is 13.2. The standard InChI is InChI=1S/C27H31N3O4/c1-18(31)29-10-12-30(13-11-29)26(33)20-7-5-6-19(14-20)25(32)16-24-23-15-22(34-4)9-8-21(23)17-27(2,3)28-24/h5-9,14-16,28H,10-13,17H2,1-4H3. The Morgan fingerprint density at radius 1 is 0.971 bits per heavy atom. The fourth-order valence-electron chi connectivity index (χ4n) is 4.58. The van der Waals surface area contributed by atoms with Crippen LogP contribution in [0, 0.1) is 0 Å². The van der Waals surface area contributed by atoms with Crippen LogP contribution in [0.25, 0.3) is 5.70 Å². The highest BCUT2D eigenvalue weighted by Gasteiger charge is 2.29. The van der Waals surface area contributed by atoms with Crippen molar-refractivity contribution in [2.75, 3.05) is 33.3 Å². The number of hydrogen-bond acceptors (Lipinski definition) is 5. The number of nitrogens with zero attached hydrogens (tertiary/aromatic N) is 2. The predicted octanol–water partition coefficient (Wildman–Crippen LogP) is 3.15. The number of nitrogens with one attached hydrogen (secondary N) is 1. The van der Waals surface area contributed by atoms with Crippen LogP contribution in [-0.4, -0.2) is 66.2 Å². The number of hydrogen-bond donors (Lipinski definition) is 1. The maximum absolute atomic E-state index is 13.2. The Labute approximate surface area is 200 Å². The summed E-state index contributed by atoms with van der Waals surface area (Å²) < 4.78 is 5.39. The van der Waals surface area contributed by atoms with E-state index in [9.17, 15) is 14.4 Å². The number of ketones is 1. The van der Waals surface area contributed by atoms with Gasteiger partial charge in [0.25, 0.3) is 5.91 Å². The largest absolute Gasteiger partial charge is 0.497 e. The number of allylic oxidation sites excluding steroid dienone is 1. The van der Waals surface area contributed by atoms with E-state index >= 15 is 0 Å². The summed E-state index contributed by atoms with van der Waals surface area (Å²) in [7, 11) is 1.62. The molecule has 4 rings (SSSR count). The van der Waals surface area contributed by atoms with Gasteiger partial charge in [-0.15, -0.1) is 0 Å². The van der Waals surface area contributed by atoms with Crippen molar-refractivity contribution in [3.63, 3.8) is 0 Å². The van der Waals surface area contributed by atoms with Gasteiger partial charge in [-0.3, -0.25) is 14.4 Å². The summed E-state index contributed by atoms with van der Waals surface area (Å²) in [6.07, 6.45) is 2.44. The molecule has 0 atom stereocenters. The smallest absolute Gasteiger partial charge is 0.253 e. The number of methoxy groups -OCH3 is 1. The number of benzene rings is 2. The first kappa shape index (κ1) is 23.5. The lowest BCUT2D eigenvalue weighted by Crippen LogP contribution is -2.50. The fraction of sp³-hybridized carbons (Fsp3) is 0.370. The van der Waals surface area contributed by atoms with Crippen molar-refractivity contribution in [3.05, 3.63) is 70.8 Å². The number of rotatable bonds is 4. The van der Waals surface area contributed by atoms with Gasteiger partial charge in [0.15, 0.2) is 5.78 Å². The molecular formula is C27H31N3O4. The topological polar surface area (TPSA) is 79.0 Å². The third-order valence-electron chi connectivity index (χ3n) is 6.39. The number of ether oxygens (including phenoxy) is 1. The number of carbonyl (C=O) groups is 3. The van der Waals surface area contributed by atoms with E-state index in [0.29, 0.717) is 37.3 Å². The van der Waals surface area contributed by atoms with E-state index in [2.05, 4.69) is 19.2 Å². The van der Waals surface area contributed by atoms with Gasteiger partial charge < -0.3 is 19.9 Å². The maximum Gasteiger partial charge on any atom is 0.253 e.